The maximum Gasteiger partial charge on any atom is 0.272 e. The van der Waals surface area contributed by atoms with E-state index in [1.807, 2.05) is 6.92 Å². The van der Waals surface area contributed by atoms with Crippen molar-refractivity contribution in [2.45, 2.75) is 46.1 Å². The number of hydrogen-bond donors (Lipinski definition) is 1. The third-order valence-corrected chi connectivity index (χ3v) is 4.88. The van der Waals surface area contributed by atoms with Gasteiger partial charge in [-0.1, -0.05) is 0 Å². The molecule has 0 saturated heterocycles. The number of hydrazine groups is 1. The average Bonchev–Trinajstić information content (AvgIpc) is 2.67. The van der Waals surface area contributed by atoms with Crippen molar-refractivity contribution in [3.8, 4) is 5.75 Å². The van der Waals surface area contributed by atoms with Crippen molar-refractivity contribution in [3.05, 3.63) is 64.2 Å². The normalized spacial score (nSPS) is 13.3. The van der Waals surface area contributed by atoms with Crippen molar-refractivity contribution in [2.24, 2.45) is 0 Å². The standard InChI is InChI=1S/C22H24F2N2O3/c1-13-15-6-5-11-29-19(15)10-8-16(13)20(27)25-26(22(2,3)4)21(28)14-7-9-17(23)18(24)12-14/h7-10,12H,5-6,11H2,1-4H3,(H,25,27). The highest BCUT2D eigenvalue weighted by molar-refractivity contribution is 6.00. The van der Waals surface area contributed by atoms with Gasteiger partial charge in [-0.15, -0.1) is 0 Å². The minimum Gasteiger partial charge on any atom is -0.493 e. The predicted molar refractivity (Wildman–Crippen MR) is 105 cm³/mol. The van der Waals surface area contributed by atoms with Crippen LogP contribution in [0.4, 0.5) is 8.78 Å². The molecular formula is C22H24F2N2O3. The number of fused-ring (bicyclic) bond motifs is 1. The Hall–Kier alpha value is -2.96. The molecule has 0 atom stereocenters. The second kappa shape index (κ2) is 7.81. The van der Waals surface area contributed by atoms with Crippen LogP contribution in [0.5, 0.6) is 5.75 Å². The van der Waals surface area contributed by atoms with E-state index in [4.69, 9.17) is 4.74 Å². The second-order valence-electron chi connectivity index (χ2n) is 8.05. The molecular weight excluding hydrogens is 378 g/mol. The number of halogens is 2. The van der Waals surface area contributed by atoms with Crippen LogP contribution in [0.3, 0.4) is 0 Å². The van der Waals surface area contributed by atoms with E-state index in [1.165, 1.54) is 6.07 Å². The fourth-order valence-electron chi connectivity index (χ4n) is 3.30. The summed E-state index contributed by atoms with van der Waals surface area (Å²) in [4.78, 5) is 25.9. The smallest absolute Gasteiger partial charge is 0.272 e. The van der Waals surface area contributed by atoms with Gasteiger partial charge in [0, 0.05) is 11.1 Å². The summed E-state index contributed by atoms with van der Waals surface area (Å²) in [6.45, 7) is 7.70. The van der Waals surface area contributed by atoms with Crippen molar-refractivity contribution in [3.63, 3.8) is 0 Å². The molecule has 0 spiro atoms. The van der Waals surface area contributed by atoms with E-state index in [-0.39, 0.29) is 5.56 Å². The maximum absolute atomic E-state index is 13.6. The summed E-state index contributed by atoms with van der Waals surface area (Å²) in [5, 5.41) is 1.14. The topological polar surface area (TPSA) is 58.6 Å². The van der Waals surface area contributed by atoms with Crippen molar-refractivity contribution in [2.75, 3.05) is 6.61 Å². The Morgan fingerprint density at radius 3 is 2.48 bits per heavy atom. The van der Waals surface area contributed by atoms with Crippen LogP contribution in [0.1, 0.15) is 59.0 Å². The summed E-state index contributed by atoms with van der Waals surface area (Å²) >= 11 is 0. The quantitative estimate of drug-likeness (QED) is 0.767. The number of amides is 2. The molecule has 0 fully saturated rings. The zero-order valence-electron chi connectivity index (χ0n) is 16.9. The molecule has 0 aliphatic carbocycles. The van der Waals surface area contributed by atoms with E-state index in [0.717, 1.165) is 46.9 Å². The summed E-state index contributed by atoms with van der Waals surface area (Å²) in [5.74, 6) is -2.48. The van der Waals surface area contributed by atoms with Crippen molar-refractivity contribution in [1.82, 2.24) is 10.4 Å². The van der Waals surface area contributed by atoms with Crippen LogP contribution >= 0.6 is 0 Å². The highest BCUT2D eigenvalue weighted by Crippen LogP contribution is 2.30. The number of ether oxygens (including phenoxy) is 1. The molecule has 0 radical (unpaired) electrons. The van der Waals surface area contributed by atoms with Crippen LogP contribution in [0.15, 0.2) is 30.3 Å². The van der Waals surface area contributed by atoms with E-state index < -0.39 is 29.0 Å². The van der Waals surface area contributed by atoms with Gasteiger partial charge in [-0.25, -0.2) is 13.8 Å². The van der Waals surface area contributed by atoms with Gasteiger partial charge in [0.15, 0.2) is 11.6 Å². The molecule has 1 N–H and O–H groups in total. The average molecular weight is 402 g/mol. The summed E-state index contributed by atoms with van der Waals surface area (Å²) in [7, 11) is 0. The number of nitrogens with zero attached hydrogens (tertiary/aromatic N) is 1. The molecule has 0 bridgehead atoms. The summed E-state index contributed by atoms with van der Waals surface area (Å²) in [6.07, 6.45) is 1.70. The number of carbonyl (C=O) groups is 2. The molecule has 29 heavy (non-hydrogen) atoms. The van der Waals surface area contributed by atoms with Gasteiger partial charge in [0.1, 0.15) is 5.75 Å². The van der Waals surface area contributed by atoms with Crippen molar-refractivity contribution < 1.29 is 23.1 Å². The lowest BCUT2D eigenvalue weighted by Crippen LogP contribution is -2.56. The van der Waals surface area contributed by atoms with Crippen LogP contribution in [0, 0.1) is 18.6 Å². The summed E-state index contributed by atoms with van der Waals surface area (Å²) in [6, 6.07) is 6.32. The molecule has 2 amide bonds. The number of nitrogens with one attached hydrogen (secondary N) is 1. The van der Waals surface area contributed by atoms with Crippen molar-refractivity contribution in [1.29, 1.82) is 0 Å². The van der Waals surface area contributed by atoms with E-state index >= 15 is 0 Å². The molecule has 154 valence electrons. The predicted octanol–water partition coefficient (Wildman–Crippen LogP) is 4.18. The molecule has 0 saturated carbocycles. The number of benzene rings is 2. The van der Waals surface area contributed by atoms with Gasteiger partial charge < -0.3 is 4.74 Å². The molecule has 1 aliphatic rings. The van der Waals surface area contributed by atoms with E-state index in [0.29, 0.717) is 12.2 Å². The molecule has 0 aromatic heterocycles. The minimum absolute atomic E-state index is 0.0605. The van der Waals surface area contributed by atoms with E-state index in [9.17, 15) is 18.4 Å². The van der Waals surface area contributed by atoms with Gasteiger partial charge >= 0.3 is 0 Å². The van der Waals surface area contributed by atoms with Gasteiger partial charge in [-0.3, -0.25) is 15.0 Å². The largest absolute Gasteiger partial charge is 0.493 e. The SMILES string of the molecule is Cc1c(C(=O)NN(C(=O)c2ccc(F)c(F)c2)C(C)(C)C)ccc2c1CCCO2. The highest BCUT2D eigenvalue weighted by atomic mass is 19.2. The monoisotopic (exact) mass is 402 g/mol. The molecule has 0 unspecified atom stereocenters. The molecule has 1 aliphatic heterocycles. The minimum atomic E-state index is -1.12. The van der Waals surface area contributed by atoms with Crippen LogP contribution in [-0.2, 0) is 6.42 Å². The Kier molecular flexibility index (Phi) is 5.59. The lowest BCUT2D eigenvalue weighted by Gasteiger charge is -2.35. The number of hydrogen-bond acceptors (Lipinski definition) is 3. The molecule has 5 nitrogen and oxygen atoms in total. The number of carbonyl (C=O) groups excluding carboxylic acids is 2. The zero-order chi connectivity index (χ0) is 21.3. The lowest BCUT2D eigenvalue weighted by molar-refractivity contribution is 0.0358. The molecule has 2 aromatic rings. The Balaban J connectivity index is 1.90. The first-order chi connectivity index (χ1) is 13.6. The van der Waals surface area contributed by atoms with Gasteiger partial charge in [0.05, 0.1) is 12.1 Å². The Labute approximate surface area is 168 Å². The van der Waals surface area contributed by atoms with Gasteiger partial charge in [-0.05, 0) is 82.0 Å². The van der Waals surface area contributed by atoms with Crippen LogP contribution in [0.25, 0.3) is 0 Å². The van der Waals surface area contributed by atoms with Crippen LogP contribution < -0.4 is 10.2 Å². The Morgan fingerprint density at radius 2 is 1.83 bits per heavy atom. The molecule has 7 heteroatoms. The fraction of sp³-hybridized carbons (Fsp3) is 0.364. The highest BCUT2D eigenvalue weighted by Gasteiger charge is 2.31. The fourth-order valence-corrected chi connectivity index (χ4v) is 3.30. The van der Waals surface area contributed by atoms with Gasteiger partial charge in [0.25, 0.3) is 11.8 Å². The Morgan fingerprint density at radius 1 is 1.10 bits per heavy atom. The van der Waals surface area contributed by atoms with Gasteiger partial charge in [-0.2, -0.15) is 0 Å². The maximum atomic E-state index is 13.6. The van der Waals surface area contributed by atoms with Gasteiger partial charge in [0.2, 0.25) is 0 Å². The van der Waals surface area contributed by atoms with Crippen molar-refractivity contribution >= 4 is 11.8 Å². The van der Waals surface area contributed by atoms with Crippen LogP contribution in [0.2, 0.25) is 0 Å². The summed E-state index contributed by atoms with van der Waals surface area (Å²) < 4.78 is 32.5. The number of rotatable bonds is 2. The zero-order valence-corrected chi connectivity index (χ0v) is 16.9. The third-order valence-electron chi connectivity index (χ3n) is 4.88. The first-order valence-electron chi connectivity index (χ1n) is 9.45. The molecule has 2 aromatic carbocycles. The lowest BCUT2D eigenvalue weighted by atomic mass is 9.96. The van der Waals surface area contributed by atoms with Crippen LogP contribution in [-0.4, -0.2) is 29.0 Å². The first-order valence-corrected chi connectivity index (χ1v) is 9.45. The first kappa shape index (κ1) is 20.8. The Bertz CT molecular complexity index is 967. The molecule has 1 heterocycles. The third kappa shape index (κ3) is 4.23. The molecule has 3 rings (SSSR count). The second-order valence-corrected chi connectivity index (χ2v) is 8.05. The van der Waals surface area contributed by atoms with E-state index in [2.05, 4.69) is 5.43 Å². The summed E-state index contributed by atoms with van der Waals surface area (Å²) in [5.41, 5.74) is 3.99. The van der Waals surface area contributed by atoms with E-state index in [1.54, 1.807) is 32.9 Å².